The van der Waals surface area contributed by atoms with Crippen molar-refractivity contribution < 1.29 is 60.4 Å². The van der Waals surface area contributed by atoms with Crippen molar-refractivity contribution in [2.75, 3.05) is 0 Å². The fourth-order valence-electron chi connectivity index (χ4n) is 4.79. The van der Waals surface area contributed by atoms with Crippen LogP contribution >= 0.6 is 0 Å². The molecule has 2 saturated carbocycles. The number of Topliss-reactive ketones (excluding diaryl/α,β-unsaturated/α-hetero) is 1. The minimum Gasteiger partial charge on any atom is -1.00 e. The maximum atomic E-state index is 12.1. The number of hydrogen-bond acceptors (Lipinski definition) is 6. The summed E-state index contributed by atoms with van der Waals surface area (Å²) in [5.74, 6) is -0.559. The average Bonchev–Trinajstić information content (AvgIpc) is 3.52. The fourth-order valence-corrected chi connectivity index (χ4v) is 4.79. The molecule has 3 unspecified atom stereocenters. The molecule has 10 heteroatoms. The summed E-state index contributed by atoms with van der Waals surface area (Å²) >= 11 is 0. The molecule has 8 nitrogen and oxygen atoms in total. The van der Waals surface area contributed by atoms with Gasteiger partial charge in [-0.25, -0.2) is 0 Å². The Kier molecular flexibility index (Phi) is 11.1. The molecule has 3 atom stereocenters. The molecule has 36 heavy (non-hydrogen) atoms. The number of aliphatic hydroxyl groups excluding tert-OH is 2. The SMILES string of the molecule is O=C(NC1CCC(O)C1)c1ccccc1CO.O=C1CCC(N2C(=O)c3ccccc3C2=O)C1.[B].[H-].[Na+]. The number of fused-ring (bicyclic) bond motifs is 1. The summed E-state index contributed by atoms with van der Waals surface area (Å²) in [5, 5.41) is 21.4. The van der Waals surface area contributed by atoms with E-state index >= 15 is 0 Å². The van der Waals surface area contributed by atoms with E-state index in [9.17, 15) is 24.3 Å². The van der Waals surface area contributed by atoms with Crippen LogP contribution in [0.3, 0.4) is 0 Å². The quantitative estimate of drug-likeness (QED) is 0.365. The number of benzene rings is 2. The van der Waals surface area contributed by atoms with Crippen LogP contribution in [0.2, 0.25) is 0 Å². The van der Waals surface area contributed by atoms with Crippen molar-refractivity contribution in [3.8, 4) is 0 Å². The van der Waals surface area contributed by atoms with Crippen molar-refractivity contribution >= 4 is 31.9 Å². The Labute approximate surface area is 235 Å². The van der Waals surface area contributed by atoms with Gasteiger partial charge in [0.25, 0.3) is 17.7 Å². The molecule has 0 spiro atoms. The van der Waals surface area contributed by atoms with Crippen LogP contribution in [-0.4, -0.2) is 65.2 Å². The Balaban J connectivity index is 0.000000342. The zero-order chi connectivity index (χ0) is 24.2. The number of carbonyl (C=O) groups is 4. The third-order valence-electron chi connectivity index (χ3n) is 6.58. The monoisotopic (exact) mass is 499 g/mol. The standard InChI is InChI=1S/C13H11NO3.C13H17NO3.B.Na.H/c15-9-6-5-8(7-9)14-12(16)10-3-1-2-4-11(10)13(14)17;15-8-9-3-1-2-4-12(9)13(17)14-10-5-6-11(16)7-10;;;/h1-4,8H,5-7H2;1-4,10-11,15-16H,5-8H2,(H,14,17);;;/q;;;+1;-1. The molecule has 3 aliphatic rings. The Bertz CT molecular complexity index is 1100. The van der Waals surface area contributed by atoms with Crippen molar-refractivity contribution in [1.82, 2.24) is 10.2 Å². The van der Waals surface area contributed by atoms with Crippen LogP contribution in [0, 0.1) is 0 Å². The second kappa shape index (κ2) is 13.3. The summed E-state index contributed by atoms with van der Waals surface area (Å²) in [6.07, 6.45) is 3.26. The zero-order valence-corrected chi connectivity index (χ0v) is 22.4. The van der Waals surface area contributed by atoms with Crippen LogP contribution < -0.4 is 34.9 Å². The van der Waals surface area contributed by atoms with E-state index in [1.807, 2.05) is 0 Å². The second-order valence-electron chi connectivity index (χ2n) is 8.91. The number of amides is 3. The second-order valence-corrected chi connectivity index (χ2v) is 8.91. The van der Waals surface area contributed by atoms with Crippen molar-refractivity contribution in [2.24, 2.45) is 0 Å². The van der Waals surface area contributed by atoms with Gasteiger partial charge in [0.2, 0.25) is 0 Å². The van der Waals surface area contributed by atoms with E-state index in [0.717, 1.165) is 12.8 Å². The third-order valence-corrected chi connectivity index (χ3v) is 6.58. The summed E-state index contributed by atoms with van der Waals surface area (Å²) in [4.78, 5) is 48.7. The van der Waals surface area contributed by atoms with E-state index in [1.165, 1.54) is 4.90 Å². The van der Waals surface area contributed by atoms with Crippen LogP contribution in [0.4, 0.5) is 0 Å². The fraction of sp³-hybridized carbons (Fsp3) is 0.385. The Morgan fingerprint density at radius 1 is 0.972 bits per heavy atom. The summed E-state index contributed by atoms with van der Waals surface area (Å²) in [6, 6.07) is 13.6. The van der Waals surface area contributed by atoms with E-state index in [0.29, 0.717) is 47.9 Å². The van der Waals surface area contributed by atoms with Gasteiger partial charge in [-0.2, -0.15) is 0 Å². The number of nitrogens with zero attached hydrogens (tertiary/aromatic N) is 1. The number of aliphatic hydroxyl groups is 2. The van der Waals surface area contributed by atoms with Gasteiger partial charge in [0, 0.05) is 38.9 Å². The average molecular weight is 499 g/mol. The molecule has 0 saturated heterocycles. The molecule has 2 aliphatic carbocycles. The predicted octanol–water partition coefficient (Wildman–Crippen LogP) is -1.04. The molecule has 1 heterocycles. The molecule has 2 fully saturated rings. The molecular formula is C26H29BN2NaO6. The normalized spacial score (nSPS) is 22.2. The van der Waals surface area contributed by atoms with Crippen molar-refractivity contribution in [3.05, 3.63) is 70.8 Å². The van der Waals surface area contributed by atoms with Gasteiger partial charge in [-0.15, -0.1) is 0 Å². The van der Waals surface area contributed by atoms with Gasteiger partial charge in [0.05, 0.1) is 23.8 Å². The van der Waals surface area contributed by atoms with Crippen molar-refractivity contribution in [3.63, 3.8) is 0 Å². The summed E-state index contributed by atoms with van der Waals surface area (Å²) < 4.78 is 0. The van der Waals surface area contributed by atoms with Gasteiger partial charge < -0.3 is 17.0 Å². The number of rotatable bonds is 4. The van der Waals surface area contributed by atoms with Crippen LogP contribution in [0.15, 0.2) is 48.5 Å². The molecule has 3 radical (unpaired) electrons. The van der Waals surface area contributed by atoms with Gasteiger partial charge >= 0.3 is 29.6 Å². The van der Waals surface area contributed by atoms with E-state index in [-0.39, 0.29) is 87.7 Å². The third kappa shape index (κ3) is 6.52. The maximum absolute atomic E-state index is 12.1. The van der Waals surface area contributed by atoms with Crippen molar-refractivity contribution in [2.45, 2.75) is 63.3 Å². The van der Waals surface area contributed by atoms with Crippen LogP contribution in [0.1, 0.15) is 76.6 Å². The first-order chi connectivity index (χ1) is 16.4. The van der Waals surface area contributed by atoms with Gasteiger partial charge in [0.15, 0.2) is 0 Å². The van der Waals surface area contributed by atoms with Gasteiger partial charge in [0.1, 0.15) is 5.78 Å². The molecule has 3 amide bonds. The van der Waals surface area contributed by atoms with Gasteiger partial charge in [-0.05, 0) is 49.4 Å². The number of hydrogen-bond donors (Lipinski definition) is 3. The molecule has 183 valence electrons. The minimum absolute atomic E-state index is 0. The van der Waals surface area contributed by atoms with Gasteiger partial charge in [-0.1, -0.05) is 30.3 Å². The first-order valence-corrected chi connectivity index (χ1v) is 11.5. The molecule has 2 aromatic rings. The van der Waals surface area contributed by atoms with E-state index in [4.69, 9.17) is 5.11 Å². The van der Waals surface area contributed by atoms with E-state index in [2.05, 4.69) is 5.32 Å². The summed E-state index contributed by atoms with van der Waals surface area (Å²) in [6.45, 7) is -0.142. The first kappa shape index (κ1) is 29.9. The molecule has 1 aliphatic heterocycles. The molecule has 0 bridgehead atoms. The summed E-state index contributed by atoms with van der Waals surface area (Å²) in [7, 11) is 0. The molecular weight excluding hydrogens is 470 g/mol. The van der Waals surface area contributed by atoms with Crippen LogP contribution in [-0.2, 0) is 11.4 Å². The van der Waals surface area contributed by atoms with E-state index < -0.39 is 0 Å². The zero-order valence-electron chi connectivity index (χ0n) is 21.4. The molecule has 3 N–H and O–H groups in total. The Morgan fingerprint density at radius 2 is 1.58 bits per heavy atom. The van der Waals surface area contributed by atoms with Crippen LogP contribution in [0.5, 0.6) is 0 Å². The van der Waals surface area contributed by atoms with Crippen molar-refractivity contribution in [1.29, 1.82) is 0 Å². The summed E-state index contributed by atoms with van der Waals surface area (Å²) in [5.41, 5.74) is 2.05. The Morgan fingerprint density at radius 3 is 2.11 bits per heavy atom. The minimum atomic E-state index is -0.298. The van der Waals surface area contributed by atoms with Crippen LogP contribution in [0.25, 0.3) is 0 Å². The van der Waals surface area contributed by atoms with E-state index in [1.54, 1.807) is 48.5 Å². The number of carbonyl (C=O) groups excluding carboxylic acids is 4. The largest absolute Gasteiger partial charge is 1.00 e. The molecule has 2 aromatic carbocycles. The number of ketones is 1. The number of nitrogens with one attached hydrogen (secondary N) is 1. The Hall–Kier alpha value is -2.30. The van der Waals surface area contributed by atoms with Gasteiger partial charge in [-0.3, -0.25) is 24.1 Å². The maximum Gasteiger partial charge on any atom is 1.00 e. The smallest absolute Gasteiger partial charge is 1.00 e. The predicted molar refractivity (Wildman–Crippen MR) is 130 cm³/mol. The number of imide groups is 1. The first-order valence-electron chi connectivity index (χ1n) is 11.5. The topological polar surface area (TPSA) is 124 Å². The molecule has 5 rings (SSSR count). The molecule has 0 aromatic heterocycles.